The van der Waals surface area contributed by atoms with Gasteiger partial charge in [-0.25, -0.2) is 9.89 Å². The number of hydrogen-bond donors (Lipinski definition) is 1. The van der Waals surface area contributed by atoms with Crippen molar-refractivity contribution < 1.29 is 4.74 Å². The van der Waals surface area contributed by atoms with E-state index in [1.165, 1.54) is 4.52 Å². The number of halogens is 1. The average Bonchev–Trinajstić information content (AvgIpc) is 2.80. The maximum atomic E-state index is 11.5. The number of hydrogen-bond acceptors (Lipinski definition) is 5. The predicted molar refractivity (Wildman–Crippen MR) is 66.3 cm³/mol. The Hall–Kier alpha value is -1.60. The molecule has 3 rings (SSSR count). The Morgan fingerprint density at radius 2 is 2.44 bits per heavy atom. The first kappa shape index (κ1) is 11.5. The van der Waals surface area contributed by atoms with E-state index in [1.54, 1.807) is 6.07 Å². The third kappa shape index (κ3) is 1.95. The monoisotopic (exact) mass is 269 g/mol. The highest BCUT2D eigenvalue weighted by molar-refractivity contribution is 6.18. The molecule has 1 fully saturated rings. The predicted octanol–water partition coefficient (Wildman–Crippen LogP) is -0.138. The summed E-state index contributed by atoms with van der Waals surface area (Å²) in [5.74, 6) is 1.18. The summed E-state index contributed by atoms with van der Waals surface area (Å²) in [6.45, 7) is 2.02. The van der Waals surface area contributed by atoms with E-state index < -0.39 is 0 Å². The van der Waals surface area contributed by atoms with Gasteiger partial charge in [-0.05, 0) is 12.1 Å². The molecular formula is C10H12ClN5O2. The zero-order valence-corrected chi connectivity index (χ0v) is 10.3. The molecule has 0 amide bonds. The van der Waals surface area contributed by atoms with Crippen LogP contribution in [0.1, 0.15) is 0 Å². The first-order valence-electron chi connectivity index (χ1n) is 5.65. The smallest absolute Gasteiger partial charge is 0.364 e. The molecule has 0 aliphatic carbocycles. The molecule has 1 aliphatic heterocycles. The molecule has 0 saturated carbocycles. The first-order chi connectivity index (χ1) is 8.78. The van der Waals surface area contributed by atoms with Gasteiger partial charge >= 0.3 is 5.69 Å². The maximum absolute atomic E-state index is 11.5. The van der Waals surface area contributed by atoms with Crippen molar-refractivity contribution in [2.24, 2.45) is 0 Å². The van der Waals surface area contributed by atoms with Gasteiger partial charge in [-0.2, -0.15) is 9.61 Å². The molecule has 1 atom stereocenters. The summed E-state index contributed by atoms with van der Waals surface area (Å²) in [5, 5.41) is 10.5. The van der Waals surface area contributed by atoms with Crippen molar-refractivity contribution in [3.8, 4) is 0 Å². The second kappa shape index (κ2) is 4.58. The number of ether oxygens (including phenoxy) is 1. The average molecular weight is 270 g/mol. The topological polar surface area (TPSA) is 75.5 Å². The van der Waals surface area contributed by atoms with E-state index in [2.05, 4.69) is 20.2 Å². The molecule has 2 aromatic heterocycles. The number of rotatable bonds is 2. The Kier molecular flexibility index (Phi) is 2.92. The largest absolute Gasteiger partial charge is 0.373 e. The van der Waals surface area contributed by atoms with Crippen molar-refractivity contribution in [3.63, 3.8) is 0 Å². The van der Waals surface area contributed by atoms with Crippen LogP contribution in [-0.2, 0) is 4.74 Å². The fraction of sp³-hybridized carbons (Fsp3) is 0.500. The number of nitrogens with one attached hydrogen (secondary N) is 1. The molecular weight excluding hydrogens is 258 g/mol. The van der Waals surface area contributed by atoms with Gasteiger partial charge in [-0.3, -0.25) is 0 Å². The van der Waals surface area contributed by atoms with Crippen LogP contribution in [-0.4, -0.2) is 51.5 Å². The number of fused-ring (bicyclic) bond motifs is 1. The molecule has 1 unspecified atom stereocenters. The van der Waals surface area contributed by atoms with Crippen molar-refractivity contribution in [2.45, 2.75) is 6.10 Å². The molecule has 1 aliphatic rings. The normalized spacial score (nSPS) is 20.5. The molecule has 7 nitrogen and oxygen atoms in total. The van der Waals surface area contributed by atoms with E-state index in [9.17, 15) is 4.79 Å². The lowest BCUT2D eigenvalue weighted by Crippen LogP contribution is -2.44. The SMILES string of the molecule is O=c1[nH]nc2ccc(N3CCOC(CCl)C3)nn12. The first-order valence-corrected chi connectivity index (χ1v) is 6.18. The molecule has 0 spiro atoms. The van der Waals surface area contributed by atoms with Gasteiger partial charge in [0, 0.05) is 13.1 Å². The number of aromatic amines is 1. The summed E-state index contributed by atoms with van der Waals surface area (Å²) in [5.41, 5.74) is 0.167. The third-order valence-corrected chi connectivity index (χ3v) is 3.24. The second-order valence-electron chi connectivity index (χ2n) is 4.08. The molecule has 18 heavy (non-hydrogen) atoms. The van der Waals surface area contributed by atoms with Crippen molar-refractivity contribution in [1.29, 1.82) is 0 Å². The number of nitrogens with zero attached hydrogens (tertiary/aromatic N) is 4. The fourth-order valence-corrected chi connectivity index (χ4v) is 2.17. The number of aromatic nitrogens is 4. The number of alkyl halides is 1. The summed E-state index contributed by atoms with van der Waals surface area (Å²) in [4.78, 5) is 13.5. The molecule has 2 aromatic rings. The lowest BCUT2D eigenvalue weighted by Gasteiger charge is -2.32. The van der Waals surface area contributed by atoms with Crippen LogP contribution < -0.4 is 10.6 Å². The van der Waals surface area contributed by atoms with Gasteiger partial charge < -0.3 is 9.64 Å². The minimum Gasteiger partial charge on any atom is -0.373 e. The van der Waals surface area contributed by atoms with Gasteiger partial charge in [0.15, 0.2) is 5.65 Å². The fourth-order valence-electron chi connectivity index (χ4n) is 1.98. The Balaban J connectivity index is 1.93. The maximum Gasteiger partial charge on any atom is 0.364 e. The standard InChI is InChI=1S/C10H12ClN5O2/c11-5-7-6-15(3-4-18-7)9-2-1-8-12-13-10(17)16(8)14-9/h1-2,7H,3-6H2,(H,13,17). The molecule has 0 radical (unpaired) electrons. The van der Waals surface area contributed by atoms with E-state index in [1.807, 2.05) is 6.07 Å². The summed E-state index contributed by atoms with van der Waals surface area (Å²) in [6, 6.07) is 3.59. The minimum atomic E-state index is -0.339. The van der Waals surface area contributed by atoms with Crippen molar-refractivity contribution >= 4 is 23.1 Å². The van der Waals surface area contributed by atoms with Crippen LogP contribution in [0.25, 0.3) is 5.65 Å². The summed E-state index contributed by atoms with van der Waals surface area (Å²) < 4.78 is 6.74. The lowest BCUT2D eigenvalue weighted by molar-refractivity contribution is 0.0551. The summed E-state index contributed by atoms with van der Waals surface area (Å²) in [7, 11) is 0. The van der Waals surface area contributed by atoms with Gasteiger partial charge in [-0.1, -0.05) is 0 Å². The van der Waals surface area contributed by atoms with Crippen LogP contribution in [0.4, 0.5) is 5.82 Å². The van der Waals surface area contributed by atoms with E-state index >= 15 is 0 Å². The lowest BCUT2D eigenvalue weighted by atomic mass is 10.3. The van der Waals surface area contributed by atoms with Crippen LogP contribution in [0.15, 0.2) is 16.9 Å². The highest BCUT2D eigenvalue weighted by Crippen LogP contribution is 2.15. The Morgan fingerprint density at radius 1 is 1.56 bits per heavy atom. The molecule has 96 valence electrons. The van der Waals surface area contributed by atoms with Crippen LogP contribution in [0.5, 0.6) is 0 Å². The number of anilines is 1. The molecule has 8 heteroatoms. The highest BCUT2D eigenvalue weighted by Gasteiger charge is 2.21. The third-order valence-electron chi connectivity index (χ3n) is 2.89. The van der Waals surface area contributed by atoms with Gasteiger partial charge in [0.25, 0.3) is 0 Å². The molecule has 1 N–H and O–H groups in total. The Bertz CT molecular complexity index is 610. The van der Waals surface area contributed by atoms with Crippen LogP contribution >= 0.6 is 11.6 Å². The van der Waals surface area contributed by atoms with E-state index in [4.69, 9.17) is 16.3 Å². The van der Waals surface area contributed by atoms with Gasteiger partial charge in [-0.15, -0.1) is 16.7 Å². The van der Waals surface area contributed by atoms with Gasteiger partial charge in [0.05, 0.1) is 18.6 Å². The zero-order valence-electron chi connectivity index (χ0n) is 9.54. The molecule has 1 saturated heterocycles. The Morgan fingerprint density at radius 3 is 3.28 bits per heavy atom. The van der Waals surface area contributed by atoms with E-state index in [0.29, 0.717) is 24.7 Å². The Labute approximate surface area is 107 Å². The zero-order chi connectivity index (χ0) is 12.5. The summed E-state index contributed by atoms with van der Waals surface area (Å²) in [6.07, 6.45) is -0.000940. The van der Waals surface area contributed by atoms with Crippen molar-refractivity contribution in [3.05, 3.63) is 22.6 Å². The number of H-pyrrole nitrogens is 1. The van der Waals surface area contributed by atoms with E-state index in [0.717, 1.165) is 12.4 Å². The minimum absolute atomic E-state index is 0.000940. The second-order valence-corrected chi connectivity index (χ2v) is 4.39. The van der Waals surface area contributed by atoms with Crippen LogP contribution in [0.2, 0.25) is 0 Å². The summed E-state index contributed by atoms with van der Waals surface area (Å²) >= 11 is 5.79. The highest BCUT2D eigenvalue weighted by atomic mass is 35.5. The van der Waals surface area contributed by atoms with Crippen LogP contribution in [0.3, 0.4) is 0 Å². The molecule has 0 bridgehead atoms. The van der Waals surface area contributed by atoms with Gasteiger partial charge in [0.1, 0.15) is 5.82 Å². The molecule has 0 aromatic carbocycles. The van der Waals surface area contributed by atoms with Crippen LogP contribution in [0, 0.1) is 0 Å². The molecule has 3 heterocycles. The van der Waals surface area contributed by atoms with Gasteiger partial charge in [0.2, 0.25) is 0 Å². The quantitative estimate of drug-likeness (QED) is 0.768. The number of morpholine rings is 1. The van der Waals surface area contributed by atoms with E-state index in [-0.39, 0.29) is 11.8 Å². The van der Waals surface area contributed by atoms with Crippen molar-refractivity contribution in [2.75, 3.05) is 30.5 Å². The van der Waals surface area contributed by atoms with Crippen molar-refractivity contribution in [1.82, 2.24) is 19.8 Å².